The number of rotatable bonds is 9. The van der Waals surface area contributed by atoms with E-state index in [-0.39, 0.29) is 52.0 Å². The SMILES string of the molecule is C=CC1(C)CCC2C(=CCC3C(C)(C(=O)OCC(O)CC(OO)C4(C)CCCC5(C)C6CCC(C)(C=C)CC6=CCC45)CCCC23C)C1. The average Bonchev–Trinajstić information content (AvgIpc) is 3.05. The fourth-order valence-corrected chi connectivity index (χ4v) is 13.0. The Labute approximate surface area is 291 Å². The van der Waals surface area contributed by atoms with Crippen LogP contribution < -0.4 is 0 Å². The van der Waals surface area contributed by atoms with Gasteiger partial charge in [-0.25, -0.2) is 4.89 Å². The standard InChI is InChI=1S/C43H66O5/c1-9-38(3)23-17-32-29(26-38)13-15-34-40(32,5)19-11-21-42(34,7)36(48-46)25-31(44)28-47-37(45)43(8)22-12-20-41(6)33-18-24-39(4,10-2)27-30(33)14-16-35(41)43/h9-10,13-14,31-36,44,46H,1-2,11-12,15-28H2,3-8H3. The average molecular weight is 663 g/mol. The van der Waals surface area contributed by atoms with Crippen LogP contribution >= 0.6 is 0 Å². The molecule has 0 spiro atoms. The zero-order valence-electron chi connectivity index (χ0n) is 31.1. The Morgan fingerprint density at radius 3 is 1.90 bits per heavy atom. The maximum Gasteiger partial charge on any atom is 0.312 e. The molecule has 0 aromatic rings. The molecule has 0 amide bonds. The Kier molecular flexibility index (Phi) is 9.64. The van der Waals surface area contributed by atoms with E-state index in [2.05, 4.69) is 79.0 Å². The molecular formula is C43H66O5. The zero-order chi connectivity index (χ0) is 34.8. The smallest absolute Gasteiger partial charge is 0.312 e. The molecule has 0 aliphatic heterocycles. The molecule has 0 saturated heterocycles. The van der Waals surface area contributed by atoms with Crippen molar-refractivity contribution in [3.05, 3.63) is 48.6 Å². The molecule has 4 fully saturated rings. The van der Waals surface area contributed by atoms with Crippen molar-refractivity contribution in [1.82, 2.24) is 0 Å². The number of carbonyl (C=O) groups excluding carboxylic acids is 1. The summed E-state index contributed by atoms with van der Waals surface area (Å²) in [5.41, 5.74) is 2.85. The van der Waals surface area contributed by atoms with E-state index in [0.29, 0.717) is 17.8 Å². The van der Waals surface area contributed by atoms with Crippen LogP contribution in [0.5, 0.6) is 0 Å². The van der Waals surface area contributed by atoms with Crippen LogP contribution in [0.15, 0.2) is 48.6 Å². The van der Waals surface area contributed by atoms with E-state index < -0.39 is 17.6 Å². The molecule has 5 heteroatoms. The molecule has 2 N–H and O–H groups in total. The molecule has 5 nitrogen and oxygen atoms in total. The first kappa shape index (κ1) is 36.1. The van der Waals surface area contributed by atoms with Crippen molar-refractivity contribution in [1.29, 1.82) is 0 Å². The Bertz CT molecular complexity index is 1330. The monoisotopic (exact) mass is 662 g/mol. The highest BCUT2D eigenvalue weighted by atomic mass is 17.1. The highest BCUT2D eigenvalue weighted by Crippen LogP contribution is 2.66. The van der Waals surface area contributed by atoms with Gasteiger partial charge in [-0.1, -0.05) is 82.9 Å². The van der Waals surface area contributed by atoms with E-state index >= 15 is 0 Å². The molecule has 12 atom stereocenters. The van der Waals surface area contributed by atoms with Crippen LogP contribution in [0.3, 0.4) is 0 Å². The van der Waals surface area contributed by atoms with Gasteiger partial charge >= 0.3 is 5.97 Å². The van der Waals surface area contributed by atoms with Gasteiger partial charge in [-0.3, -0.25) is 10.1 Å². The maximum absolute atomic E-state index is 14.0. The normalized spacial score (nSPS) is 46.7. The fraction of sp³-hybridized carbons (Fsp3) is 0.791. The summed E-state index contributed by atoms with van der Waals surface area (Å²) in [6.45, 7) is 22.2. The third-order valence-electron chi connectivity index (χ3n) is 16.2. The minimum absolute atomic E-state index is 0.0647. The fourth-order valence-electron chi connectivity index (χ4n) is 13.0. The Morgan fingerprint density at radius 2 is 1.35 bits per heavy atom. The topological polar surface area (TPSA) is 76.0 Å². The molecule has 6 aliphatic rings. The van der Waals surface area contributed by atoms with Gasteiger partial charge in [-0.2, -0.15) is 0 Å². The molecule has 268 valence electrons. The van der Waals surface area contributed by atoms with Gasteiger partial charge in [0.05, 0.1) is 11.5 Å². The van der Waals surface area contributed by atoms with Gasteiger partial charge in [0.2, 0.25) is 0 Å². The summed E-state index contributed by atoms with van der Waals surface area (Å²) in [6.07, 6.45) is 22.9. The Hall–Kier alpha value is -1.69. The van der Waals surface area contributed by atoms with Crippen molar-refractivity contribution in [3.63, 3.8) is 0 Å². The molecular weight excluding hydrogens is 596 g/mol. The molecule has 0 bridgehead atoms. The van der Waals surface area contributed by atoms with E-state index in [1.807, 2.05) is 0 Å². The Morgan fingerprint density at radius 1 is 0.833 bits per heavy atom. The minimum Gasteiger partial charge on any atom is -0.463 e. The van der Waals surface area contributed by atoms with Crippen molar-refractivity contribution < 1.29 is 24.8 Å². The largest absolute Gasteiger partial charge is 0.463 e. The number of hydrogen-bond acceptors (Lipinski definition) is 5. The summed E-state index contributed by atoms with van der Waals surface area (Å²) in [7, 11) is 0. The number of hydrogen-bond donors (Lipinski definition) is 2. The van der Waals surface area contributed by atoms with Crippen molar-refractivity contribution in [2.24, 2.45) is 56.2 Å². The van der Waals surface area contributed by atoms with Gasteiger partial charge in [-0.05, 0) is 129 Å². The molecule has 0 heterocycles. The molecule has 48 heavy (non-hydrogen) atoms. The van der Waals surface area contributed by atoms with Gasteiger partial charge < -0.3 is 9.84 Å². The number of carbonyl (C=O) groups is 1. The molecule has 6 rings (SSSR count). The van der Waals surface area contributed by atoms with Crippen LogP contribution in [0, 0.1) is 56.2 Å². The van der Waals surface area contributed by atoms with E-state index in [9.17, 15) is 15.2 Å². The van der Waals surface area contributed by atoms with Gasteiger partial charge in [0.1, 0.15) is 12.7 Å². The first-order valence-corrected chi connectivity index (χ1v) is 19.4. The van der Waals surface area contributed by atoms with Crippen LogP contribution in [0.1, 0.15) is 138 Å². The van der Waals surface area contributed by atoms with Gasteiger partial charge in [0, 0.05) is 11.8 Å². The van der Waals surface area contributed by atoms with Gasteiger partial charge in [0.25, 0.3) is 0 Å². The van der Waals surface area contributed by atoms with Crippen LogP contribution in [0.2, 0.25) is 0 Å². The summed E-state index contributed by atoms with van der Waals surface area (Å²) >= 11 is 0. The number of ether oxygens (including phenoxy) is 1. The number of fused-ring (bicyclic) bond motifs is 6. The lowest BCUT2D eigenvalue weighted by Crippen LogP contribution is -2.56. The molecule has 12 unspecified atom stereocenters. The summed E-state index contributed by atoms with van der Waals surface area (Å²) in [6, 6.07) is 0. The molecule has 6 aliphatic carbocycles. The second-order valence-corrected chi connectivity index (χ2v) is 19.1. The summed E-state index contributed by atoms with van der Waals surface area (Å²) in [4.78, 5) is 19.3. The lowest BCUT2D eigenvalue weighted by Gasteiger charge is -2.61. The van der Waals surface area contributed by atoms with E-state index in [0.717, 1.165) is 77.0 Å². The van der Waals surface area contributed by atoms with Crippen LogP contribution in [0.4, 0.5) is 0 Å². The highest BCUT2D eigenvalue weighted by Gasteiger charge is 2.60. The first-order valence-electron chi connectivity index (χ1n) is 19.4. The summed E-state index contributed by atoms with van der Waals surface area (Å²) < 4.78 is 6.04. The predicted molar refractivity (Wildman–Crippen MR) is 193 cm³/mol. The Balaban J connectivity index is 1.12. The van der Waals surface area contributed by atoms with Crippen molar-refractivity contribution in [2.45, 2.75) is 150 Å². The second-order valence-electron chi connectivity index (χ2n) is 19.1. The number of aliphatic hydroxyl groups excluding tert-OH is 1. The third kappa shape index (κ3) is 5.84. The van der Waals surface area contributed by atoms with Gasteiger partial charge in [-0.15, -0.1) is 13.2 Å². The van der Waals surface area contributed by atoms with E-state index in [4.69, 9.17) is 9.62 Å². The lowest BCUT2D eigenvalue weighted by atomic mass is 9.44. The lowest BCUT2D eigenvalue weighted by molar-refractivity contribution is -0.323. The first-order chi connectivity index (χ1) is 22.6. The quantitative estimate of drug-likeness (QED) is 0.111. The van der Waals surface area contributed by atoms with Crippen molar-refractivity contribution in [2.75, 3.05) is 6.61 Å². The second kappa shape index (κ2) is 12.8. The van der Waals surface area contributed by atoms with E-state index in [1.165, 1.54) is 12.8 Å². The van der Waals surface area contributed by atoms with Crippen LogP contribution in [-0.2, 0) is 14.4 Å². The third-order valence-corrected chi connectivity index (χ3v) is 16.2. The van der Waals surface area contributed by atoms with Gasteiger partial charge in [0.15, 0.2) is 0 Å². The van der Waals surface area contributed by atoms with E-state index in [1.54, 1.807) is 11.1 Å². The summed E-state index contributed by atoms with van der Waals surface area (Å²) in [5.74, 6) is 1.46. The maximum atomic E-state index is 14.0. The van der Waals surface area contributed by atoms with Crippen molar-refractivity contribution in [3.8, 4) is 0 Å². The summed E-state index contributed by atoms with van der Waals surface area (Å²) in [5, 5.41) is 21.7. The molecule has 0 aromatic heterocycles. The molecule has 0 aromatic carbocycles. The number of aliphatic hydroxyl groups is 1. The minimum atomic E-state index is -0.903. The van der Waals surface area contributed by atoms with Crippen molar-refractivity contribution >= 4 is 5.97 Å². The molecule has 4 saturated carbocycles. The van der Waals surface area contributed by atoms with Crippen LogP contribution in [0.25, 0.3) is 0 Å². The number of esters is 1. The zero-order valence-corrected chi connectivity index (χ0v) is 31.1. The molecule has 0 radical (unpaired) electrons. The number of allylic oxidation sites excluding steroid dienone is 6. The van der Waals surface area contributed by atoms with Crippen LogP contribution in [-0.4, -0.2) is 35.1 Å². The predicted octanol–water partition coefficient (Wildman–Crippen LogP) is 10.4. The highest BCUT2D eigenvalue weighted by molar-refractivity contribution is 5.77.